The molecular weight excluding hydrogens is 276 g/mol. The number of anilines is 1. The average molecular weight is 290 g/mol. The molecule has 1 amide bonds. The quantitative estimate of drug-likeness (QED) is 0.441. The standard InChI is InChI=1S/C18H14N2O2/c21-18(20-16-10-2-1-3-11-16)22-19-13-15-9-6-8-14-7-4-5-12-17(14)15/h1-13H,(H,20,21)/b19-13+. The van der Waals surface area contributed by atoms with Crippen LogP contribution in [0.25, 0.3) is 10.8 Å². The fraction of sp³-hybridized carbons (Fsp3) is 0. The van der Waals surface area contributed by atoms with Crippen LogP contribution in [-0.4, -0.2) is 12.3 Å². The number of nitrogens with zero attached hydrogens (tertiary/aromatic N) is 1. The van der Waals surface area contributed by atoms with Gasteiger partial charge < -0.3 is 0 Å². The van der Waals surface area contributed by atoms with Crippen molar-refractivity contribution in [2.45, 2.75) is 0 Å². The van der Waals surface area contributed by atoms with Gasteiger partial charge in [0.1, 0.15) is 0 Å². The number of rotatable bonds is 3. The minimum Gasteiger partial charge on any atom is -0.298 e. The molecule has 4 nitrogen and oxygen atoms in total. The lowest BCUT2D eigenvalue weighted by atomic mass is 10.1. The number of hydrogen-bond donors (Lipinski definition) is 1. The molecule has 0 heterocycles. The van der Waals surface area contributed by atoms with Gasteiger partial charge in [-0.05, 0) is 22.9 Å². The average Bonchev–Trinajstić information content (AvgIpc) is 2.56. The van der Waals surface area contributed by atoms with Gasteiger partial charge in [-0.25, -0.2) is 4.79 Å². The zero-order chi connectivity index (χ0) is 15.2. The summed E-state index contributed by atoms with van der Waals surface area (Å²) in [5.74, 6) is 0. The highest BCUT2D eigenvalue weighted by Crippen LogP contribution is 2.16. The second-order valence-electron chi connectivity index (χ2n) is 4.67. The number of carbonyl (C=O) groups is 1. The van der Waals surface area contributed by atoms with Crippen molar-refractivity contribution < 1.29 is 9.63 Å². The van der Waals surface area contributed by atoms with Crippen LogP contribution in [-0.2, 0) is 4.84 Å². The number of benzene rings is 3. The summed E-state index contributed by atoms with van der Waals surface area (Å²) < 4.78 is 0. The van der Waals surface area contributed by atoms with E-state index in [0.717, 1.165) is 16.3 Å². The normalized spacial score (nSPS) is 10.7. The Morgan fingerprint density at radius 2 is 1.64 bits per heavy atom. The molecule has 22 heavy (non-hydrogen) atoms. The Balaban J connectivity index is 1.67. The van der Waals surface area contributed by atoms with E-state index in [0.29, 0.717) is 5.69 Å². The van der Waals surface area contributed by atoms with E-state index in [4.69, 9.17) is 4.84 Å². The van der Waals surface area contributed by atoms with E-state index in [2.05, 4.69) is 10.5 Å². The molecule has 4 heteroatoms. The van der Waals surface area contributed by atoms with Crippen LogP contribution >= 0.6 is 0 Å². The van der Waals surface area contributed by atoms with Crippen LogP contribution in [0.1, 0.15) is 5.56 Å². The zero-order valence-corrected chi connectivity index (χ0v) is 11.8. The summed E-state index contributed by atoms with van der Waals surface area (Å²) in [4.78, 5) is 16.4. The third-order valence-electron chi connectivity index (χ3n) is 3.17. The second-order valence-corrected chi connectivity index (χ2v) is 4.67. The van der Waals surface area contributed by atoms with Crippen LogP contribution in [0.2, 0.25) is 0 Å². The van der Waals surface area contributed by atoms with Crippen molar-refractivity contribution in [1.82, 2.24) is 0 Å². The molecule has 0 aliphatic heterocycles. The Bertz CT molecular complexity index is 808. The van der Waals surface area contributed by atoms with E-state index in [1.807, 2.05) is 60.7 Å². The molecule has 0 fully saturated rings. The Hall–Kier alpha value is -3.14. The number of para-hydroxylation sites is 1. The van der Waals surface area contributed by atoms with E-state index >= 15 is 0 Å². The molecule has 0 spiro atoms. The fourth-order valence-corrected chi connectivity index (χ4v) is 2.16. The minimum atomic E-state index is -0.623. The molecule has 1 N–H and O–H groups in total. The van der Waals surface area contributed by atoms with Crippen molar-refractivity contribution in [2.75, 3.05) is 5.32 Å². The number of oxime groups is 1. The Labute approximate surface area is 128 Å². The monoisotopic (exact) mass is 290 g/mol. The molecule has 3 rings (SSSR count). The third-order valence-corrected chi connectivity index (χ3v) is 3.17. The van der Waals surface area contributed by atoms with Gasteiger partial charge >= 0.3 is 6.09 Å². The van der Waals surface area contributed by atoms with Gasteiger partial charge in [-0.15, -0.1) is 0 Å². The highest BCUT2D eigenvalue weighted by atomic mass is 16.7. The molecule has 0 saturated carbocycles. The molecule has 0 radical (unpaired) electrons. The molecule has 0 unspecified atom stereocenters. The first-order valence-electron chi connectivity index (χ1n) is 6.87. The first-order chi connectivity index (χ1) is 10.8. The third kappa shape index (κ3) is 3.30. The van der Waals surface area contributed by atoms with Gasteiger partial charge in [0, 0.05) is 11.3 Å². The van der Waals surface area contributed by atoms with E-state index in [1.54, 1.807) is 12.1 Å². The van der Waals surface area contributed by atoms with Crippen molar-refractivity contribution in [3.8, 4) is 0 Å². The van der Waals surface area contributed by atoms with Crippen molar-refractivity contribution in [2.24, 2.45) is 5.16 Å². The number of nitrogens with one attached hydrogen (secondary N) is 1. The summed E-state index contributed by atoms with van der Waals surface area (Å²) in [7, 11) is 0. The van der Waals surface area contributed by atoms with Gasteiger partial charge in [0.25, 0.3) is 0 Å². The van der Waals surface area contributed by atoms with Gasteiger partial charge in [0.05, 0.1) is 6.21 Å². The highest BCUT2D eigenvalue weighted by molar-refractivity contribution is 5.99. The zero-order valence-electron chi connectivity index (χ0n) is 11.8. The smallest absolute Gasteiger partial charge is 0.298 e. The summed E-state index contributed by atoms with van der Waals surface area (Å²) in [6.07, 6.45) is 0.912. The summed E-state index contributed by atoms with van der Waals surface area (Å²) in [5, 5.41) is 8.51. The molecule has 0 aliphatic carbocycles. The summed E-state index contributed by atoms with van der Waals surface area (Å²) >= 11 is 0. The summed E-state index contributed by atoms with van der Waals surface area (Å²) in [5.41, 5.74) is 1.55. The van der Waals surface area contributed by atoms with Crippen molar-refractivity contribution >= 4 is 28.8 Å². The lowest BCUT2D eigenvalue weighted by molar-refractivity contribution is 0.167. The number of carbonyl (C=O) groups excluding carboxylic acids is 1. The summed E-state index contributed by atoms with van der Waals surface area (Å²) in [6, 6.07) is 22.9. The molecule has 0 aliphatic rings. The molecule has 3 aromatic carbocycles. The summed E-state index contributed by atoms with van der Waals surface area (Å²) in [6.45, 7) is 0. The van der Waals surface area contributed by atoms with E-state index < -0.39 is 6.09 Å². The van der Waals surface area contributed by atoms with Crippen molar-refractivity contribution in [3.05, 3.63) is 78.4 Å². The fourth-order valence-electron chi connectivity index (χ4n) is 2.16. The molecule has 0 atom stereocenters. The van der Waals surface area contributed by atoms with Crippen LogP contribution in [0.5, 0.6) is 0 Å². The second kappa shape index (κ2) is 6.54. The number of amides is 1. The van der Waals surface area contributed by atoms with Gasteiger partial charge in [-0.3, -0.25) is 10.2 Å². The van der Waals surface area contributed by atoms with E-state index in [-0.39, 0.29) is 0 Å². The Morgan fingerprint density at radius 1 is 0.909 bits per heavy atom. The van der Waals surface area contributed by atoms with Crippen LogP contribution in [0.4, 0.5) is 10.5 Å². The molecular formula is C18H14N2O2. The van der Waals surface area contributed by atoms with Gasteiger partial charge in [-0.1, -0.05) is 65.8 Å². The molecule has 0 aromatic heterocycles. The van der Waals surface area contributed by atoms with Crippen LogP contribution in [0.15, 0.2) is 78.0 Å². The number of hydrogen-bond acceptors (Lipinski definition) is 3. The lowest BCUT2D eigenvalue weighted by Crippen LogP contribution is -2.10. The maximum Gasteiger partial charge on any atom is 0.437 e. The van der Waals surface area contributed by atoms with Crippen molar-refractivity contribution in [1.29, 1.82) is 0 Å². The first kappa shape index (κ1) is 13.8. The first-order valence-corrected chi connectivity index (χ1v) is 6.87. The lowest BCUT2D eigenvalue weighted by Gasteiger charge is -2.02. The SMILES string of the molecule is O=C(Nc1ccccc1)O/N=C/c1cccc2ccccc12. The molecule has 3 aromatic rings. The molecule has 0 saturated heterocycles. The molecule has 108 valence electrons. The Kier molecular flexibility index (Phi) is 4.11. The largest absolute Gasteiger partial charge is 0.437 e. The van der Waals surface area contributed by atoms with Crippen LogP contribution < -0.4 is 5.32 Å². The van der Waals surface area contributed by atoms with E-state index in [1.165, 1.54) is 6.21 Å². The minimum absolute atomic E-state index is 0.623. The van der Waals surface area contributed by atoms with Crippen molar-refractivity contribution in [3.63, 3.8) is 0 Å². The topological polar surface area (TPSA) is 50.7 Å². The van der Waals surface area contributed by atoms with E-state index in [9.17, 15) is 4.79 Å². The predicted molar refractivity (Wildman–Crippen MR) is 88.1 cm³/mol. The van der Waals surface area contributed by atoms with Crippen LogP contribution in [0.3, 0.4) is 0 Å². The van der Waals surface area contributed by atoms with Gasteiger partial charge in [0.2, 0.25) is 0 Å². The number of fused-ring (bicyclic) bond motifs is 1. The maximum absolute atomic E-state index is 11.6. The van der Waals surface area contributed by atoms with Gasteiger partial charge in [0.15, 0.2) is 0 Å². The predicted octanol–water partition coefficient (Wildman–Crippen LogP) is 4.42. The van der Waals surface area contributed by atoms with Crippen LogP contribution in [0, 0.1) is 0 Å². The van der Waals surface area contributed by atoms with Gasteiger partial charge in [-0.2, -0.15) is 0 Å². The Morgan fingerprint density at radius 3 is 2.50 bits per heavy atom. The maximum atomic E-state index is 11.6. The molecule has 0 bridgehead atoms. The highest BCUT2D eigenvalue weighted by Gasteiger charge is 2.02.